The maximum atomic E-state index is 11.8. The van der Waals surface area contributed by atoms with Gasteiger partial charge in [0.25, 0.3) is 0 Å². The summed E-state index contributed by atoms with van der Waals surface area (Å²) in [4.78, 5) is 22.8. The highest BCUT2D eigenvalue weighted by molar-refractivity contribution is 5.81. The van der Waals surface area contributed by atoms with E-state index in [0.29, 0.717) is 25.0 Å². The lowest BCUT2D eigenvalue weighted by Crippen LogP contribution is -2.38. The fraction of sp³-hybridized carbons (Fsp3) is 0.818. The third-order valence-electron chi connectivity index (χ3n) is 3.57. The molecule has 3 atom stereocenters. The second-order valence-electron chi connectivity index (χ2n) is 4.60. The average molecular weight is 225 g/mol. The predicted octanol–water partition coefficient (Wildman–Crippen LogP) is -0.621. The summed E-state index contributed by atoms with van der Waals surface area (Å²) >= 11 is 0. The van der Waals surface area contributed by atoms with Crippen molar-refractivity contribution in [1.29, 1.82) is 0 Å². The van der Waals surface area contributed by atoms with Gasteiger partial charge in [-0.3, -0.25) is 9.59 Å². The zero-order valence-corrected chi connectivity index (χ0v) is 9.58. The highest BCUT2D eigenvalue weighted by Gasteiger charge is 2.42. The Labute approximate surface area is 95.3 Å². The Morgan fingerprint density at radius 1 is 1.38 bits per heavy atom. The number of hydrogen-bond acceptors (Lipinski definition) is 3. The van der Waals surface area contributed by atoms with Crippen LogP contribution in [-0.2, 0) is 9.59 Å². The second-order valence-corrected chi connectivity index (χ2v) is 4.60. The van der Waals surface area contributed by atoms with Gasteiger partial charge in [0, 0.05) is 32.1 Å². The molecule has 0 spiro atoms. The molecule has 2 fully saturated rings. The van der Waals surface area contributed by atoms with E-state index in [-0.39, 0.29) is 17.7 Å². The largest absolute Gasteiger partial charge is 0.359 e. The van der Waals surface area contributed by atoms with E-state index in [1.165, 1.54) is 6.42 Å². The Hall–Kier alpha value is -1.10. The van der Waals surface area contributed by atoms with Crippen LogP contribution in [0.5, 0.6) is 0 Å². The van der Waals surface area contributed by atoms with Crippen molar-refractivity contribution < 1.29 is 9.59 Å². The molecule has 0 aromatic heterocycles. The lowest BCUT2D eigenvalue weighted by molar-refractivity contribution is -0.125. The summed E-state index contributed by atoms with van der Waals surface area (Å²) in [7, 11) is 1.60. The Kier molecular flexibility index (Phi) is 3.43. The predicted molar refractivity (Wildman–Crippen MR) is 59.7 cm³/mol. The van der Waals surface area contributed by atoms with Gasteiger partial charge in [0.05, 0.1) is 5.92 Å². The van der Waals surface area contributed by atoms with Crippen LogP contribution in [0.2, 0.25) is 0 Å². The number of nitrogens with one attached hydrogen (secondary N) is 3. The molecular weight excluding hydrogens is 206 g/mol. The number of hydrogen-bond donors (Lipinski definition) is 3. The molecule has 2 aliphatic rings. The lowest BCUT2D eigenvalue weighted by Gasteiger charge is -2.19. The van der Waals surface area contributed by atoms with Gasteiger partial charge in [0.1, 0.15) is 0 Å². The molecule has 90 valence electrons. The van der Waals surface area contributed by atoms with Gasteiger partial charge in [0.15, 0.2) is 0 Å². The summed E-state index contributed by atoms with van der Waals surface area (Å²) in [6.45, 7) is 0.437. The van der Waals surface area contributed by atoms with Crippen LogP contribution in [0.15, 0.2) is 0 Å². The van der Waals surface area contributed by atoms with Crippen LogP contribution in [0, 0.1) is 5.92 Å². The van der Waals surface area contributed by atoms with E-state index in [1.54, 1.807) is 7.05 Å². The molecule has 2 saturated heterocycles. The smallest absolute Gasteiger partial charge is 0.224 e. The Morgan fingerprint density at radius 3 is 2.75 bits per heavy atom. The summed E-state index contributed by atoms with van der Waals surface area (Å²) in [5.74, 6) is 0.179. The van der Waals surface area contributed by atoms with E-state index >= 15 is 0 Å². The molecule has 5 heteroatoms. The fourth-order valence-corrected chi connectivity index (χ4v) is 2.67. The van der Waals surface area contributed by atoms with Gasteiger partial charge in [-0.1, -0.05) is 0 Å². The van der Waals surface area contributed by atoms with Crippen molar-refractivity contribution in [3.05, 3.63) is 0 Å². The molecule has 2 rings (SSSR count). The lowest BCUT2D eigenvalue weighted by atomic mass is 9.88. The first-order chi connectivity index (χ1) is 7.70. The van der Waals surface area contributed by atoms with Crippen LogP contribution in [0.1, 0.15) is 25.7 Å². The van der Waals surface area contributed by atoms with E-state index < -0.39 is 0 Å². The van der Waals surface area contributed by atoms with E-state index in [4.69, 9.17) is 0 Å². The van der Waals surface area contributed by atoms with Gasteiger partial charge >= 0.3 is 0 Å². The molecule has 2 amide bonds. The normalized spacial score (nSPS) is 31.4. The molecular formula is C11H19N3O2. The van der Waals surface area contributed by atoms with E-state index in [9.17, 15) is 9.59 Å². The summed E-state index contributed by atoms with van der Waals surface area (Å²) in [6.07, 6.45) is 3.62. The first-order valence-electron chi connectivity index (χ1n) is 5.95. The molecule has 3 unspecified atom stereocenters. The first-order valence-corrected chi connectivity index (χ1v) is 5.95. The van der Waals surface area contributed by atoms with Gasteiger partial charge in [-0.25, -0.2) is 0 Å². The van der Waals surface area contributed by atoms with Crippen molar-refractivity contribution in [3.8, 4) is 0 Å². The quantitative estimate of drug-likeness (QED) is 0.597. The van der Waals surface area contributed by atoms with Crippen molar-refractivity contribution in [2.75, 3.05) is 13.6 Å². The fourth-order valence-electron chi connectivity index (χ4n) is 2.67. The van der Waals surface area contributed by atoms with Crippen LogP contribution in [0.25, 0.3) is 0 Å². The van der Waals surface area contributed by atoms with Crippen LogP contribution in [0.3, 0.4) is 0 Å². The molecule has 5 nitrogen and oxygen atoms in total. The molecule has 16 heavy (non-hydrogen) atoms. The number of carbonyl (C=O) groups excluding carboxylic acids is 2. The molecule has 2 heterocycles. The summed E-state index contributed by atoms with van der Waals surface area (Å²) in [6, 6.07) is 0.907. The summed E-state index contributed by atoms with van der Waals surface area (Å²) < 4.78 is 0. The third-order valence-corrected chi connectivity index (χ3v) is 3.57. The third kappa shape index (κ3) is 2.35. The second kappa shape index (κ2) is 4.82. The van der Waals surface area contributed by atoms with Gasteiger partial charge < -0.3 is 16.0 Å². The number of carbonyl (C=O) groups is 2. The molecule has 2 aliphatic heterocycles. The minimum absolute atomic E-state index is 0.0358. The molecule has 0 aliphatic carbocycles. The van der Waals surface area contributed by atoms with Crippen LogP contribution in [-0.4, -0.2) is 37.5 Å². The van der Waals surface area contributed by atoms with Gasteiger partial charge in [-0.05, 0) is 19.3 Å². The molecule has 0 aromatic carbocycles. The molecule has 0 aromatic rings. The monoisotopic (exact) mass is 225 g/mol. The van der Waals surface area contributed by atoms with Crippen molar-refractivity contribution in [2.45, 2.75) is 37.8 Å². The van der Waals surface area contributed by atoms with E-state index in [0.717, 1.165) is 12.8 Å². The standard InChI is InChI=1S/C11H19N3O2/c1-12-10(15)4-5-13-11(16)8-6-7-2-3-9(8)14-7/h7-9,14H,2-6H2,1H3,(H,12,15)(H,13,16). The Bertz CT molecular complexity index is 293. The topological polar surface area (TPSA) is 70.2 Å². The maximum absolute atomic E-state index is 11.8. The molecule has 3 N–H and O–H groups in total. The Balaban J connectivity index is 1.70. The minimum atomic E-state index is -0.0358. The van der Waals surface area contributed by atoms with Crippen molar-refractivity contribution in [3.63, 3.8) is 0 Å². The molecule has 2 bridgehead atoms. The zero-order chi connectivity index (χ0) is 11.5. The van der Waals surface area contributed by atoms with Crippen LogP contribution < -0.4 is 16.0 Å². The minimum Gasteiger partial charge on any atom is -0.359 e. The van der Waals surface area contributed by atoms with Crippen molar-refractivity contribution in [2.24, 2.45) is 5.92 Å². The highest BCUT2D eigenvalue weighted by atomic mass is 16.2. The van der Waals surface area contributed by atoms with Crippen LogP contribution >= 0.6 is 0 Å². The molecule has 0 radical (unpaired) electrons. The highest BCUT2D eigenvalue weighted by Crippen LogP contribution is 2.33. The van der Waals surface area contributed by atoms with Gasteiger partial charge in [-0.2, -0.15) is 0 Å². The number of fused-ring (bicyclic) bond motifs is 2. The van der Waals surface area contributed by atoms with E-state index in [1.807, 2.05) is 0 Å². The maximum Gasteiger partial charge on any atom is 0.224 e. The van der Waals surface area contributed by atoms with Crippen molar-refractivity contribution in [1.82, 2.24) is 16.0 Å². The number of amides is 2. The average Bonchev–Trinajstić information content (AvgIpc) is 2.90. The van der Waals surface area contributed by atoms with Crippen molar-refractivity contribution >= 4 is 11.8 Å². The SMILES string of the molecule is CNC(=O)CCNC(=O)C1CC2CCC1N2. The van der Waals surface area contributed by atoms with Gasteiger partial charge in [0.2, 0.25) is 11.8 Å². The zero-order valence-electron chi connectivity index (χ0n) is 9.58. The van der Waals surface area contributed by atoms with Crippen LogP contribution in [0.4, 0.5) is 0 Å². The Morgan fingerprint density at radius 2 is 2.19 bits per heavy atom. The first kappa shape index (κ1) is 11.4. The molecule has 0 saturated carbocycles. The van der Waals surface area contributed by atoms with Gasteiger partial charge in [-0.15, -0.1) is 0 Å². The summed E-state index contributed by atoms with van der Waals surface area (Å²) in [5, 5.41) is 8.80. The summed E-state index contributed by atoms with van der Waals surface area (Å²) in [5.41, 5.74) is 0. The number of rotatable bonds is 4. The van der Waals surface area contributed by atoms with E-state index in [2.05, 4.69) is 16.0 Å².